The van der Waals surface area contributed by atoms with Gasteiger partial charge in [-0.15, -0.1) is 0 Å². The van der Waals surface area contributed by atoms with Crippen molar-refractivity contribution < 1.29 is 19.1 Å². The highest BCUT2D eigenvalue weighted by Crippen LogP contribution is 2.38. The van der Waals surface area contributed by atoms with E-state index < -0.39 is 11.1 Å². The Morgan fingerprint density at radius 1 is 1.32 bits per heavy atom. The molecule has 9 heteroatoms. The summed E-state index contributed by atoms with van der Waals surface area (Å²) in [5.41, 5.74) is 0.487. The second kappa shape index (κ2) is 8.76. The number of nitrogens with zero attached hydrogens (tertiary/aromatic N) is 2. The fourth-order valence-corrected chi connectivity index (χ4v) is 4.79. The molecule has 2 aliphatic heterocycles. The van der Waals surface area contributed by atoms with E-state index in [1.807, 2.05) is 6.92 Å². The number of amides is 3. The molecule has 0 aliphatic carbocycles. The van der Waals surface area contributed by atoms with E-state index in [0.29, 0.717) is 27.9 Å². The second-order valence-corrected chi connectivity index (χ2v) is 8.55. The van der Waals surface area contributed by atoms with E-state index in [-0.39, 0.29) is 23.4 Å². The Bertz CT molecular complexity index is 859. The molecule has 1 atom stereocenters. The molecule has 0 spiro atoms. The van der Waals surface area contributed by atoms with Gasteiger partial charge in [0.05, 0.1) is 17.0 Å². The zero-order valence-corrected chi connectivity index (χ0v) is 17.9. The van der Waals surface area contributed by atoms with Crippen molar-refractivity contribution in [2.75, 3.05) is 20.2 Å². The Kier molecular flexibility index (Phi) is 6.58. The Morgan fingerprint density at radius 3 is 2.75 bits per heavy atom. The molecule has 1 aromatic rings. The monoisotopic (exact) mass is 442 g/mol. The van der Waals surface area contributed by atoms with Crippen LogP contribution in [0.3, 0.4) is 0 Å². The molecule has 28 heavy (non-hydrogen) atoms. The summed E-state index contributed by atoms with van der Waals surface area (Å²) < 4.78 is 5.27. The van der Waals surface area contributed by atoms with Crippen LogP contribution in [0.5, 0.6) is 5.75 Å². The first kappa shape index (κ1) is 21.0. The fourth-order valence-electron chi connectivity index (χ4n) is 3.38. The third kappa shape index (κ3) is 4.31. The molecule has 0 unspecified atom stereocenters. The minimum absolute atomic E-state index is 0.120. The van der Waals surface area contributed by atoms with Crippen LogP contribution in [0.1, 0.15) is 31.7 Å². The molecule has 0 radical (unpaired) electrons. The second-order valence-electron chi connectivity index (χ2n) is 6.71. The van der Waals surface area contributed by atoms with Crippen LogP contribution in [0.4, 0.5) is 4.79 Å². The van der Waals surface area contributed by atoms with Gasteiger partial charge in [0.15, 0.2) is 0 Å². The van der Waals surface area contributed by atoms with Crippen molar-refractivity contribution in [3.8, 4) is 5.75 Å². The van der Waals surface area contributed by atoms with Gasteiger partial charge < -0.3 is 9.64 Å². The van der Waals surface area contributed by atoms with Crippen LogP contribution < -0.4 is 4.74 Å². The standard InChI is InChI=1S/C19H20Cl2N2O4S/c1-11-5-3-4-6-22(11)16(24)10-23-18(25)15(28-19(23)26)8-12-7-13(20)9-14(21)17(12)27-2/h7-9,11H,3-6,10H2,1-2H3/b15-8-/t11-/m0/s1. The number of rotatable bonds is 4. The van der Waals surface area contributed by atoms with Crippen molar-refractivity contribution in [1.82, 2.24) is 9.80 Å². The lowest BCUT2D eigenvalue weighted by Gasteiger charge is -2.34. The maximum Gasteiger partial charge on any atom is 0.294 e. The van der Waals surface area contributed by atoms with Crippen molar-refractivity contribution >= 4 is 58.1 Å². The van der Waals surface area contributed by atoms with Gasteiger partial charge in [0.25, 0.3) is 11.1 Å². The number of hydrogen-bond acceptors (Lipinski definition) is 5. The maximum absolute atomic E-state index is 12.7. The number of carbonyl (C=O) groups excluding carboxylic acids is 3. The summed E-state index contributed by atoms with van der Waals surface area (Å²) >= 11 is 12.9. The van der Waals surface area contributed by atoms with Crippen molar-refractivity contribution in [2.24, 2.45) is 0 Å². The van der Waals surface area contributed by atoms with Gasteiger partial charge in [-0.25, -0.2) is 0 Å². The minimum atomic E-state index is -0.508. The number of hydrogen-bond donors (Lipinski definition) is 0. The number of carbonyl (C=O) groups is 3. The van der Waals surface area contributed by atoms with Gasteiger partial charge in [-0.2, -0.15) is 0 Å². The zero-order valence-electron chi connectivity index (χ0n) is 15.5. The van der Waals surface area contributed by atoms with Crippen LogP contribution in [0.15, 0.2) is 17.0 Å². The van der Waals surface area contributed by atoms with E-state index in [1.165, 1.54) is 19.3 Å². The number of methoxy groups -OCH3 is 1. The van der Waals surface area contributed by atoms with Crippen molar-refractivity contribution in [3.63, 3.8) is 0 Å². The molecule has 0 bridgehead atoms. The Labute approximate surface area is 177 Å². The lowest BCUT2D eigenvalue weighted by Crippen LogP contribution is -2.47. The van der Waals surface area contributed by atoms with Gasteiger partial charge in [-0.05, 0) is 56.2 Å². The average molecular weight is 443 g/mol. The highest BCUT2D eigenvalue weighted by Gasteiger charge is 2.38. The molecule has 0 saturated carbocycles. The molecule has 3 rings (SSSR count). The highest BCUT2D eigenvalue weighted by molar-refractivity contribution is 8.18. The van der Waals surface area contributed by atoms with Gasteiger partial charge >= 0.3 is 0 Å². The molecule has 3 amide bonds. The summed E-state index contributed by atoms with van der Waals surface area (Å²) in [5.74, 6) is -0.360. The SMILES string of the molecule is COc1c(Cl)cc(Cl)cc1/C=C1\SC(=O)N(CC(=O)N2CCCC[C@@H]2C)C1=O. The van der Waals surface area contributed by atoms with Crippen LogP contribution in [0, 0.1) is 0 Å². The largest absolute Gasteiger partial charge is 0.495 e. The van der Waals surface area contributed by atoms with Gasteiger partial charge in [0.1, 0.15) is 12.3 Å². The van der Waals surface area contributed by atoms with E-state index in [4.69, 9.17) is 27.9 Å². The van der Waals surface area contributed by atoms with Crippen molar-refractivity contribution in [1.29, 1.82) is 0 Å². The first-order valence-corrected chi connectivity index (χ1v) is 10.5. The molecule has 2 heterocycles. The number of ether oxygens (including phenoxy) is 1. The van der Waals surface area contributed by atoms with E-state index in [9.17, 15) is 14.4 Å². The van der Waals surface area contributed by atoms with Gasteiger partial charge in [-0.1, -0.05) is 23.2 Å². The number of halogens is 2. The van der Waals surface area contributed by atoms with Gasteiger partial charge in [0.2, 0.25) is 5.91 Å². The number of piperidine rings is 1. The number of imide groups is 1. The number of likely N-dealkylation sites (tertiary alicyclic amines) is 1. The van der Waals surface area contributed by atoms with Crippen LogP contribution >= 0.6 is 35.0 Å². The molecular formula is C19H20Cl2N2O4S. The van der Waals surface area contributed by atoms with Crippen molar-refractivity contribution in [3.05, 3.63) is 32.6 Å². The molecular weight excluding hydrogens is 423 g/mol. The number of benzene rings is 1. The summed E-state index contributed by atoms with van der Waals surface area (Å²) in [7, 11) is 1.46. The van der Waals surface area contributed by atoms with Crippen LogP contribution in [-0.4, -0.2) is 53.1 Å². The predicted molar refractivity (Wildman–Crippen MR) is 111 cm³/mol. The number of thioether (sulfide) groups is 1. The van der Waals surface area contributed by atoms with Gasteiger partial charge in [0, 0.05) is 23.2 Å². The first-order chi connectivity index (χ1) is 13.3. The van der Waals surface area contributed by atoms with Crippen LogP contribution in [-0.2, 0) is 9.59 Å². The normalized spacial score (nSPS) is 21.6. The third-order valence-corrected chi connectivity index (χ3v) is 6.22. The van der Waals surface area contributed by atoms with E-state index >= 15 is 0 Å². The van der Waals surface area contributed by atoms with E-state index in [0.717, 1.165) is 35.9 Å². The molecule has 1 aromatic carbocycles. The van der Waals surface area contributed by atoms with E-state index in [1.54, 1.807) is 11.0 Å². The molecule has 0 aromatic heterocycles. The fraction of sp³-hybridized carbons (Fsp3) is 0.421. The molecule has 150 valence electrons. The Balaban J connectivity index is 1.80. The van der Waals surface area contributed by atoms with E-state index in [2.05, 4.69) is 0 Å². The van der Waals surface area contributed by atoms with Crippen molar-refractivity contribution in [2.45, 2.75) is 32.2 Å². The average Bonchev–Trinajstić information content (AvgIpc) is 2.89. The summed E-state index contributed by atoms with van der Waals surface area (Å²) in [5, 5.41) is 0.210. The zero-order chi connectivity index (χ0) is 20.4. The molecule has 2 fully saturated rings. The van der Waals surface area contributed by atoms with Crippen LogP contribution in [0.25, 0.3) is 6.08 Å². The quantitative estimate of drug-likeness (QED) is 0.644. The topological polar surface area (TPSA) is 66.9 Å². The highest BCUT2D eigenvalue weighted by atomic mass is 35.5. The van der Waals surface area contributed by atoms with Crippen LogP contribution in [0.2, 0.25) is 10.0 Å². The lowest BCUT2D eigenvalue weighted by molar-refractivity contribution is -0.138. The summed E-state index contributed by atoms with van der Waals surface area (Å²) in [4.78, 5) is 40.6. The summed E-state index contributed by atoms with van der Waals surface area (Å²) in [6.07, 6.45) is 4.46. The molecule has 6 nitrogen and oxygen atoms in total. The first-order valence-electron chi connectivity index (χ1n) is 8.89. The van der Waals surface area contributed by atoms with Gasteiger partial charge in [-0.3, -0.25) is 19.3 Å². The molecule has 0 N–H and O–H groups in total. The molecule has 2 saturated heterocycles. The minimum Gasteiger partial charge on any atom is -0.495 e. The molecule has 2 aliphatic rings. The maximum atomic E-state index is 12.7. The Hall–Kier alpha value is -1.70. The summed E-state index contributed by atoms with van der Waals surface area (Å²) in [6.45, 7) is 2.39. The third-order valence-electron chi connectivity index (χ3n) is 4.82. The Morgan fingerprint density at radius 2 is 2.07 bits per heavy atom. The predicted octanol–water partition coefficient (Wildman–Crippen LogP) is 4.44. The smallest absolute Gasteiger partial charge is 0.294 e. The summed E-state index contributed by atoms with van der Waals surface area (Å²) in [6, 6.07) is 3.25. The lowest BCUT2D eigenvalue weighted by atomic mass is 10.0.